The molecule has 0 atom stereocenters. The van der Waals surface area contributed by atoms with E-state index in [0.29, 0.717) is 12.4 Å². The molecule has 3 N–H and O–H groups in total. The Labute approximate surface area is 160 Å². The predicted molar refractivity (Wildman–Crippen MR) is 111 cm³/mol. The van der Waals surface area contributed by atoms with E-state index < -0.39 is 5.60 Å². The van der Waals surface area contributed by atoms with Crippen molar-refractivity contribution in [2.45, 2.75) is 76.9 Å². The summed E-state index contributed by atoms with van der Waals surface area (Å²) in [5, 5.41) is 12.4. The largest absolute Gasteiger partial charge is 0.388 e. The Morgan fingerprint density at radius 1 is 1.11 bits per heavy atom. The molecule has 5 nitrogen and oxygen atoms in total. The minimum absolute atomic E-state index is 0.480. The van der Waals surface area contributed by atoms with E-state index >= 15 is 0 Å². The number of nitrogen functional groups attached to an aromatic ring is 1. The first-order valence-electron chi connectivity index (χ1n) is 10.4. The minimum atomic E-state index is -0.662. The van der Waals surface area contributed by atoms with Crippen molar-refractivity contribution in [1.29, 1.82) is 0 Å². The molecule has 1 fully saturated rings. The summed E-state index contributed by atoms with van der Waals surface area (Å²) in [6, 6.07) is 8.10. The quantitative estimate of drug-likeness (QED) is 0.647. The second kappa shape index (κ2) is 7.47. The summed E-state index contributed by atoms with van der Waals surface area (Å²) < 4.78 is 2.25. The van der Waals surface area contributed by atoms with Gasteiger partial charge in [0.15, 0.2) is 5.82 Å². The van der Waals surface area contributed by atoms with E-state index in [1.807, 2.05) is 18.2 Å². The number of anilines is 1. The summed E-state index contributed by atoms with van der Waals surface area (Å²) in [6.07, 6.45) is 9.43. The van der Waals surface area contributed by atoms with E-state index in [2.05, 4.69) is 22.5 Å². The fraction of sp³-hybridized carbons (Fsp3) is 0.545. The van der Waals surface area contributed by atoms with Gasteiger partial charge in [-0.2, -0.15) is 0 Å². The highest BCUT2D eigenvalue weighted by molar-refractivity contribution is 6.06. The van der Waals surface area contributed by atoms with Gasteiger partial charge in [0.1, 0.15) is 11.3 Å². The number of pyridine rings is 1. The van der Waals surface area contributed by atoms with Crippen LogP contribution in [0.5, 0.6) is 0 Å². The smallest absolute Gasteiger partial charge is 0.152 e. The fourth-order valence-electron chi connectivity index (χ4n) is 4.44. The van der Waals surface area contributed by atoms with Gasteiger partial charge in [0.05, 0.1) is 23.2 Å². The van der Waals surface area contributed by atoms with E-state index in [1.54, 1.807) is 0 Å². The Balaban J connectivity index is 1.89. The van der Waals surface area contributed by atoms with Gasteiger partial charge < -0.3 is 15.4 Å². The standard InChI is InChI=1S/C22H30N4O/c1-2-3-12-18-25-19-20(16-10-6-7-11-17(16)24-21(19)23)26(18)15-22(27)13-8-4-5-9-14-22/h6-7,10-11,27H,2-5,8-9,12-15H2,1H3,(H2,23,24). The molecule has 0 bridgehead atoms. The predicted octanol–water partition coefficient (Wildman–Crippen LogP) is 4.59. The first-order valence-corrected chi connectivity index (χ1v) is 10.4. The zero-order chi connectivity index (χ0) is 18.9. The van der Waals surface area contributed by atoms with Crippen molar-refractivity contribution in [3.8, 4) is 0 Å². The molecule has 0 radical (unpaired) electrons. The molecule has 1 aliphatic carbocycles. The molecule has 27 heavy (non-hydrogen) atoms. The summed E-state index contributed by atoms with van der Waals surface area (Å²) in [4.78, 5) is 9.44. The Morgan fingerprint density at radius 2 is 1.85 bits per heavy atom. The highest BCUT2D eigenvalue weighted by Crippen LogP contribution is 2.34. The number of nitrogens with two attached hydrogens (primary N) is 1. The molecule has 1 aromatic carbocycles. The second-order valence-electron chi connectivity index (χ2n) is 8.07. The molecule has 5 heteroatoms. The monoisotopic (exact) mass is 366 g/mol. The van der Waals surface area contributed by atoms with E-state index in [-0.39, 0.29) is 0 Å². The van der Waals surface area contributed by atoms with Crippen LogP contribution < -0.4 is 5.73 Å². The number of aliphatic hydroxyl groups is 1. The maximum atomic E-state index is 11.4. The van der Waals surface area contributed by atoms with Crippen LogP contribution in [0.3, 0.4) is 0 Å². The van der Waals surface area contributed by atoms with Crippen molar-refractivity contribution in [3.63, 3.8) is 0 Å². The lowest BCUT2D eigenvalue weighted by atomic mass is 9.94. The summed E-state index contributed by atoms with van der Waals surface area (Å²) >= 11 is 0. The van der Waals surface area contributed by atoms with Crippen LogP contribution in [-0.2, 0) is 13.0 Å². The number of aromatic nitrogens is 3. The third kappa shape index (κ3) is 3.53. The first kappa shape index (κ1) is 18.2. The average molecular weight is 367 g/mol. The molecule has 0 amide bonds. The number of imidazole rings is 1. The average Bonchev–Trinajstić information content (AvgIpc) is 2.87. The Kier molecular flexibility index (Phi) is 5.04. The normalized spacial score (nSPS) is 17.4. The fourth-order valence-corrected chi connectivity index (χ4v) is 4.44. The molecule has 0 spiro atoms. The Morgan fingerprint density at radius 3 is 2.59 bits per heavy atom. The number of unbranched alkanes of at least 4 members (excludes halogenated alkanes) is 1. The lowest BCUT2D eigenvalue weighted by molar-refractivity contribution is 0.00838. The maximum Gasteiger partial charge on any atom is 0.152 e. The van der Waals surface area contributed by atoms with Crippen LogP contribution in [-0.4, -0.2) is 25.2 Å². The van der Waals surface area contributed by atoms with E-state index in [0.717, 1.165) is 72.7 Å². The summed E-state index contributed by atoms with van der Waals surface area (Å²) in [5.74, 6) is 1.50. The van der Waals surface area contributed by atoms with Gasteiger partial charge in [0, 0.05) is 11.8 Å². The Bertz CT molecular complexity index is 938. The summed E-state index contributed by atoms with van der Waals surface area (Å²) in [6.45, 7) is 2.78. The van der Waals surface area contributed by atoms with Gasteiger partial charge in [-0.15, -0.1) is 0 Å². The zero-order valence-electron chi connectivity index (χ0n) is 16.2. The van der Waals surface area contributed by atoms with Crippen molar-refractivity contribution >= 4 is 27.8 Å². The van der Waals surface area contributed by atoms with Crippen LogP contribution in [0.25, 0.3) is 21.9 Å². The molecule has 0 unspecified atom stereocenters. The zero-order valence-corrected chi connectivity index (χ0v) is 16.2. The topological polar surface area (TPSA) is 77.0 Å². The maximum absolute atomic E-state index is 11.4. The van der Waals surface area contributed by atoms with Crippen LogP contribution in [0.1, 0.15) is 64.1 Å². The third-order valence-corrected chi connectivity index (χ3v) is 5.93. The van der Waals surface area contributed by atoms with E-state index in [9.17, 15) is 5.11 Å². The summed E-state index contributed by atoms with van der Waals surface area (Å²) in [5.41, 5.74) is 8.30. The Hall–Kier alpha value is -2.14. The molecule has 1 saturated carbocycles. The molecular weight excluding hydrogens is 336 g/mol. The molecule has 0 saturated heterocycles. The number of hydrogen-bond acceptors (Lipinski definition) is 4. The molecule has 2 heterocycles. The van der Waals surface area contributed by atoms with Gasteiger partial charge in [-0.1, -0.05) is 57.2 Å². The van der Waals surface area contributed by atoms with Crippen LogP contribution in [0, 0.1) is 0 Å². The molecule has 2 aromatic heterocycles. The molecule has 4 rings (SSSR count). The number of para-hydroxylation sites is 1. The highest BCUT2D eigenvalue weighted by atomic mass is 16.3. The lowest BCUT2D eigenvalue weighted by Gasteiger charge is -2.28. The molecule has 0 aliphatic heterocycles. The number of rotatable bonds is 5. The lowest BCUT2D eigenvalue weighted by Crippen LogP contribution is -2.34. The van der Waals surface area contributed by atoms with Gasteiger partial charge in [-0.25, -0.2) is 9.97 Å². The van der Waals surface area contributed by atoms with Crippen molar-refractivity contribution in [2.75, 3.05) is 5.73 Å². The van der Waals surface area contributed by atoms with Gasteiger partial charge in [0.2, 0.25) is 0 Å². The molecule has 1 aliphatic rings. The third-order valence-electron chi connectivity index (χ3n) is 5.93. The number of benzene rings is 1. The van der Waals surface area contributed by atoms with Gasteiger partial charge >= 0.3 is 0 Å². The van der Waals surface area contributed by atoms with Crippen molar-refractivity contribution in [3.05, 3.63) is 30.1 Å². The number of hydrogen-bond donors (Lipinski definition) is 2. The van der Waals surface area contributed by atoms with Gasteiger partial charge in [-0.3, -0.25) is 0 Å². The van der Waals surface area contributed by atoms with Crippen LogP contribution >= 0.6 is 0 Å². The van der Waals surface area contributed by atoms with Crippen LogP contribution in [0.15, 0.2) is 24.3 Å². The van der Waals surface area contributed by atoms with Crippen molar-refractivity contribution in [1.82, 2.24) is 14.5 Å². The number of aryl methyl sites for hydroxylation is 1. The van der Waals surface area contributed by atoms with Gasteiger partial charge in [-0.05, 0) is 25.3 Å². The van der Waals surface area contributed by atoms with E-state index in [4.69, 9.17) is 10.7 Å². The molecule has 3 aromatic rings. The first-order chi connectivity index (χ1) is 13.1. The second-order valence-corrected chi connectivity index (χ2v) is 8.07. The SMILES string of the molecule is CCCCc1nc2c(N)nc3ccccc3c2n1CC1(O)CCCCCC1. The minimum Gasteiger partial charge on any atom is -0.388 e. The van der Waals surface area contributed by atoms with Crippen molar-refractivity contribution < 1.29 is 5.11 Å². The molecule has 144 valence electrons. The van der Waals surface area contributed by atoms with Crippen molar-refractivity contribution in [2.24, 2.45) is 0 Å². The van der Waals surface area contributed by atoms with E-state index in [1.165, 1.54) is 12.8 Å². The summed E-state index contributed by atoms with van der Waals surface area (Å²) in [7, 11) is 0. The van der Waals surface area contributed by atoms with Crippen LogP contribution in [0.4, 0.5) is 5.82 Å². The number of nitrogens with zero attached hydrogens (tertiary/aromatic N) is 3. The van der Waals surface area contributed by atoms with Crippen LogP contribution in [0.2, 0.25) is 0 Å². The highest BCUT2D eigenvalue weighted by Gasteiger charge is 2.30. The number of fused-ring (bicyclic) bond motifs is 3. The molecular formula is C22H30N4O. The van der Waals surface area contributed by atoms with Gasteiger partial charge in [0.25, 0.3) is 0 Å².